The molecule has 0 aliphatic carbocycles. The third-order valence-electron chi connectivity index (χ3n) is 4.71. The number of rotatable bonds is 7. The maximum Gasteiger partial charge on any atom is 0.253 e. The Morgan fingerprint density at radius 2 is 1.50 bits per heavy atom. The van der Waals surface area contributed by atoms with Crippen LogP contribution in [-0.2, 0) is 23.1 Å². The zero-order valence-corrected chi connectivity index (χ0v) is 18.4. The first kappa shape index (κ1) is 22.0. The van der Waals surface area contributed by atoms with Gasteiger partial charge < -0.3 is 4.90 Å². The molecule has 0 saturated carbocycles. The monoisotopic (exact) mass is 442 g/mol. The Morgan fingerprint density at radius 1 is 0.833 bits per heavy atom. The molecule has 0 fully saturated rings. The summed E-state index contributed by atoms with van der Waals surface area (Å²) in [5, 5.41) is 0.632. The van der Waals surface area contributed by atoms with Crippen LogP contribution in [-0.4, -0.2) is 37.6 Å². The number of benzene rings is 3. The van der Waals surface area contributed by atoms with Gasteiger partial charge in [0.25, 0.3) is 5.91 Å². The highest BCUT2D eigenvalue weighted by atomic mass is 35.5. The number of amides is 1. The van der Waals surface area contributed by atoms with Gasteiger partial charge in [-0.2, -0.15) is 4.31 Å². The van der Waals surface area contributed by atoms with E-state index in [1.165, 1.54) is 4.31 Å². The molecule has 156 valence electrons. The summed E-state index contributed by atoms with van der Waals surface area (Å²) >= 11 is 6.00. The first-order chi connectivity index (χ1) is 14.3. The molecule has 0 N–H and O–H groups in total. The molecule has 0 spiro atoms. The van der Waals surface area contributed by atoms with Gasteiger partial charge in [0.15, 0.2) is 0 Å². The normalized spacial score (nSPS) is 11.5. The van der Waals surface area contributed by atoms with Crippen LogP contribution in [0.5, 0.6) is 0 Å². The van der Waals surface area contributed by atoms with Crippen molar-refractivity contribution in [3.63, 3.8) is 0 Å². The Bertz CT molecular complexity index is 1120. The van der Waals surface area contributed by atoms with Crippen LogP contribution in [0, 0.1) is 0 Å². The second-order valence-corrected chi connectivity index (χ2v) is 9.54. The summed E-state index contributed by atoms with van der Waals surface area (Å²) in [6.07, 6.45) is 0. The van der Waals surface area contributed by atoms with Crippen LogP contribution in [0.1, 0.15) is 21.5 Å². The number of hydrogen-bond acceptors (Lipinski definition) is 3. The van der Waals surface area contributed by atoms with Gasteiger partial charge in [0.2, 0.25) is 10.0 Å². The summed E-state index contributed by atoms with van der Waals surface area (Å²) in [7, 11) is -0.292. The molecule has 0 unspecified atom stereocenters. The molecule has 3 aromatic rings. The van der Waals surface area contributed by atoms with Crippen molar-refractivity contribution < 1.29 is 13.2 Å². The van der Waals surface area contributed by atoms with E-state index in [0.29, 0.717) is 17.1 Å². The van der Waals surface area contributed by atoms with Gasteiger partial charge in [-0.15, -0.1) is 0 Å². The summed E-state index contributed by atoms with van der Waals surface area (Å²) < 4.78 is 26.6. The van der Waals surface area contributed by atoms with Gasteiger partial charge in [-0.1, -0.05) is 54.1 Å². The first-order valence-electron chi connectivity index (χ1n) is 9.37. The molecular weight excluding hydrogens is 420 g/mol. The van der Waals surface area contributed by atoms with Gasteiger partial charge in [-0.3, -0.25) is 4.79 Å². The number of carbonyl (C=O) groups excluding carboxylic acids is 1. The Kier molecular flexibility index (Phi) is 6.92. The predicted molar refractivity (Wildman–Crippen MR) is 119 cm³/mol. The topological polar surface area (TPSA) is 57.7 Å². The zero-order valence-electron chi connectivity index (χ0n) is 16.8. The average molecular weight is 443 g/mol. The Labute approximate surface area is 182 Å². The van der Waals surface area contributed by atoms with E-state index >= 15 is 0 Å². The molecule has 0 bridgehead atoms. The molecular formula is C23H23ClN2O3S. The van der Waals surface area contributed by atoms with E-state index < -0.39 is 10.0 Å². The molecule has 7 heteroatoms. The lowest BCUT2D eigenvalue weighted by Gasteiger charge is -2.19. The molecule has 3 aromatic carbocycles. The van der Waals surface area contributed by atoms with Crippen LogP contribution in [0.15, 0.2) is 83.8 Å². The summed E-state index contributed by atoms with van der Waals surface area (Å²) in [6, 6.07) is 22.7. The van der Waals surface area contributed by atoms with Crippen molar-refractivity contribution in [2.24, 2.45) is 0 Å². The van der Waals surface area contributed by atoms with Gasteiger partial charge in [0, 0.05) is 37.8 Å². The van der Waals surface area contributed by atoms with Crippen LogP contribution >= 0.6 is 11.6 Å². The summed E-state index contributed by atoms with van der Waals surface area (Å²) in [5.74, 6) is -0.119. The molecule has 0 aromatic heterocycles. The molecule has 3 rings (SSSR count). The fraction of sp³-hybridized carbons (Fsp3) is 0.174. The van der Waals surface area contributed by atoms with E-state index in [1.54, 1.807) is 79.7 Å². The molecule has 0 aliphatic heterocycles. The van der Waals surface area contributed by atoms with Crippen LogP contribution in [0.3, 0.4) is 0 Å². The quantitative estimate of drug-likeness (QED) is 0.543. The lowest BCUT2D eigenvalue weighted by Crippen LogP contribution is -2.27. The standard InChI is InChI=1S/C23H23ClN2O3S/c1-25(16-19-7-6-8-21(24)15-19)23(27)20-13-11-18(12-14-20)17-26(2)30(28,29)22-9-4-3-5-10-22/h3-15H,16-17H2,1-2H3. The van der Waals surface area contributed by atoms with Crippen molar-refractivity contribution in [1.29, 1.82) is 0 Å². The van der Waals surface area contributed by atoms with Crippen molar-refractivity contribution >= 4 is 27.5 Å². The molecule has 5 nitrogen and oxygen atoms in total. The van der Waals surface area contributed by atoms with Crippen molar-refractivity contribution in [2.75, 3.05) is 14.1 Å². The maximum atomic E-state index is 12.7. The van der Waals surface area contributed by atoms with E-state index in [0.717, 1.165) is 11.1 Å². The van der Waals surface area contributed by atoms with Gasteiger partial charge in [-0.05, 0) is 47.5 Å². The minimum atomic E-state index is -3.57. The third kappa shape index (κ3) is 5.27. The zero-order chi connectivity index (χ0) is 21.7. The van der Waals surface area contributed by atoms with Crippen molar-refractivity contribution in [3.05, 3.63) is 101 Å². The van der Waals surface area contributed by atoms with E-state index in [-0.39, 0.29) is 17.3 Å². The molecule has 30 heavy (non-hydrogen) atoms. The number of sulfonamides is 1. The number of carbonyl (C=O) groups is 1. The van der Waals surface area contributed by atoms with E-state index in [1.807, 2.05) is 18.2 Å². The Morgan fingerprint density at radius 3 is 2.13 bits per heavy atom. The highest BCUT2D eigenvalue weighted by molar-refractivity contribution is 7.89. The SMILES string of the molecule is CN(Cc1cccc(Cl)c1)C(=O)c1ccc(CN(C)S(=O)(=O)c2ccccc2)cc1. The van der Waals surface area contributed by atoms with Crippen LogP contribution in [0.25, 0.3) is 0 Å². The molecule has 0 saturated heterocycles. The van der Waals surface area contributed by atoms with Gasteiger partial charge in [0.1, 0.15) is 0 Å². The van der Waals surface area contributed by atoms with Crippen LogP contribution < -0.4 is 0 Å². The van der Waals surface area contributed by atoms with E-state index in [4.69, 9.17) is 11.6 Å². The molecule has 0 heterocycles. The molecule has 0 atom stereocenters. The lowest BCUT2D eigenvalue weighted by molar-refractivity contribution is 0.0785. The summed E-state index contributed by atoms with van der Waals surface area (Å²) in [4.78, 5) is 14.6. The van der Waals surface area contributed by atoms with E-state index in [9.17, 15) is 13.2 Å². The minimum Gasteiger partial charge on any atom is -0.337 e. The highest BCUT2D eigenvalue weighted by Crippen LogP contribution is 2.18. The summed E-state index contributed by atoms with van der Waals surface area (Å²) in [5.41, 5.74) is 2.28. The largest absolute Gasteiger partial charge is 0.337 e. The minimum absolute atomic E-state index is 0.119. The lowest BCUT2D eigenvalue weighted by atomic mass is 10.1. The van der Waals surface area contributed by atoms with Gasteiger partial charge >= 0.3 is 0 Å². The molecule has 1 amide bonds. The first-order valence-corrected chi connectivity index (χ1v) is 11.2. The smallest absolute Gasteiger partial charge is 0.253 e. The van der Waals surface area contributed by atoms with Gasteiger partial charge in [0.05, 0.1) is 4.90 Å². The predicted octanol–water partition coefficient (Wildman–Crippen LogP) is 4.43. The number of hydrogen-bond donors (Lipinski definition) is 0. The molecule has 0 radical (unpaired) electrons. The van der Waals surface area contributed by atoms with E-state index in [2.05, 4.69) is 0 Å². The number of halogens is 1. The maximum absolute atomic E-state index is 12.7. The highest BCUT2D eigenvalue weighted by Gasteiger charge is 2.20. The second-order valence-electron chi connectivity index (χ2n) is 7.06. The Balaban J connectivity index is 1.66. The third-order valence-corrected chi connectivity index (χ3v) is 6.77. The Hall–Kier alpha value is -2.67. The fourth-order valence-electron chi connectivity index (χ4n) is 3.07. The van der Waals surface area contributed by atoms with Crippen LogP contribution in [0.4, 0.5) is 0 Å². The van der Waals surface area contributed by atoms with Gasteiger partial charge in [-0.25, -0.2) is 8.42 Å². The van der Waals surface area contributed by atoms with Crippen molar-refractivity contribution in [2.45, 2.75) is 18.0 Å². The van der Waals surface area contributed by atoms with Crippen molar-refractivity contribution in [3.8, 4) is 0 Å². The van der Waals surface area contributed by atoms with Crippen molar-refractivity contribution in [1.82, 2.24) is 9.21 Å². The average Bonchev–Trinajstić information content (AvgIpc) is 2.74. The summed E-state index contributed by atoms with van der Waals surface area (Å²) in [6.45, 7) is 0.656. The fourth-order valence-corrected chi connectivity index (χ4v) is 4.46. The second kappa shape index (κ2) is 9.43. The molecule has 0 aliphatic rings. The van der Waals surface area contributed by atoms with Crippen LogP contribution in [0.2, 0.25) is 5.02 Å². The number of nitrogens with zero attached hydrogens (tertiary/aromatic N) is 2.